The first kappa shape index (κ1) is 24.2. The lowest BCUT2D eigenvalue weighted by atomic mass is 10.1. The smallest absolute Gasteiger partial charge is 0.263 e. The van der Waals surface area contributed by atoms with Gasteiger partial charge in [0.1, 0.15) is 5.84 Å². The van der Waals surface area contributed by atoms with Crippen LogP contribution in [-0.2, 0) is 19.6 Å². The van der Waals surface area contributed by atoms with Crippen LogP contribution in [-0.4, -0.2) is 52.0 Å². The van der Waals surface area contributed by atoms with Gasteiger partial charge in [-0.15, -0.1) is 0 Å². The molecule has 1 amide bonds. The molecule has 1 saturated heterocycles. The number of hydrogen-bond acceptors (Lipinski definition) is 6. The van der Waals surface area contributed by atoms with E-state index in [2.05, 4.69) is 33.8 Å². The highest BCUT2D eigenvalue weighted by atomic mass is 32.2. The second-order valence-electron chi connectivity index (χ2n) is 8.90. The number of benzene rings is 2. The van der Waals surface area contributed by atoms with Crippen LogP contribution in [0, 0.1) is 0 Å². The van der Waals surface area contributed by atoms with Crippen LogP contribution < -0.4 is 14.9 Å². The first-order chi connectivity index (χ1) is 16.3. The summed E-state index contributed by atoms with van der Waals surface area (Å²) in [5.41, 5.74) is 2.54. The number of carbonyl (C=O) groups excluding carboxylic acids is 1. The van der Waals surface area contributed by atoms with E-state index in [0.29, 0.717) is 24.4 Å². The van der Waals surface area contributed by atoms with Crippen molar-refractivity contribution in [3.8, 4) is 0 Å². The molecule has 0 aromatic heterocycles. The Kier molecular flexibility index (Phi) is 7.53. The fourth-order valence-electron chi connectivity index (χ4n) is 4.38. The Labute approximate surface area is 201 Å². The van der Waals surface area contributed by atoms with Gasteiger partial charge in [0.15, 0.2) is 0 Å². The Bertz CT molecular complexity index is 1140. The average molecular weight is 485 g/mol. The molecule has 2 atom stereocenters. The van der Waals surface area contributed by atoms with Gasteiger partial charge in [0, 0.05) is 43.0 Å². The lowest BCUT2D eigenvalue weighted by Gasteiger charge is -2.36. The maximum Gasteiger partial charge on any atom is 0.263 e. The topological polar surface area (TPSA) is 100 Å². The highest BCUT2D eigenvalue weighted by Gasteiger charge is 2.29. The van der Waals surface area contributed by atoms with Crippen molar-refractivity contribution in [2.75, 3.05) is 29.9 Å². The van der Waals surface area contributed by atoms with Crippen LogP contribution in [0.3, 0.4) is 0 Å². The number of nitrogens with zero attached hydrogens (tertiary/aromatic N) is 2. The zero-order valence-electron chi connectivity index (χ0n) is 19.7. The number of carbonyl (C=O) groups is 1. The lowest BCUT2D eigenvalue weighted by molar-refractivity contribution is -0.116. The SMILES string of the molecule is CC1CN(c2ccc(NC(=O)CCCCCN=C3NS(=O)(=O)c4ccccc43)cc2)CC(C)O1. The molecule has 8 nitrogen and oxygen atoms in total. The molecular formula is C25H32N4O4S. The molecular weight excluding hydrogens is 452 g/mol. The number of nitrogens with one attached hydrogen (secondary N) is 2. The molecule has 2 heterocycles. The average Bonchev–Trinajstić information content (AvgIpc) is 3.06. The third kappa shape index (κ3) is 5.95. The van der Waals surface area contributed by atoms with E-state index >= 15 is 0 Å². The van der Waals surface area contributed by atoms with Gasteiger partial charge in [-0.3, -0.25) is 14.5 Å². The Hall–Kier alpha value is -2.91. The van der Waals surface area contributed by atoms with Crippen LogP contribution in [0.2, 0.25) is 0 Å². The Morgan fingerprint density at radius 1 is 1.06 bits per heavy atom. The molecule has 0 aliphatic carbocycles. The standard InChI is InChI=1S/C25H32N4O4S/c1-18-16-29(17-19(2)33-18)21-13-11-20(12-14-21)27-24(30)10-4-3-7-15-26-25-22-8-5-6-9-23(22)34(31,32)28-25/h5-6,8-9,11-14,18-19H,3-4,7,10,15-17H2,1-2H3,(H,26,28)(H,27,30). The van der Waals surface area contributed by atoms with Crippen molar-refractivity contribution >= 4 is 33.1 Å². The maximum atomic E-state index is 12.3. The highest BCUT2D eigenvalue weighted by Crippen LogP contribution is 2.23. The summed E-state index contributed by atoms with van der Waals surface area (Å²) in [4.78, 5) is 19.3. The second-order valence-corrected chi connectivity index (χ2v) is 10.6. The Morgan fingerprint density at radius 3 is 2.50 bits per heavy atom. The number of unbranched alkanes of at least 4 members (excludes halogenated alkanes) is 2. The second kappa shape index (κ2) is 10.6. The van der Waals surface area contributed by atoms with Crippen LogP contribution in [0.25, 0.3) is 0 Å². The van der Waals surface area contributed by atoms with Crippen LogP contribution in [0.15, 0.2) is 58.4 Å². The number of rotatable bonds is 8. The third-order valence-electron chi connectivity index (χ3n) is 5.93. The summed E-state index contributed by atoms with van der Waals surface area (Å²) in [5.74, 6) is 0.392. The molecule has 4 rings (SSSR count). The molecule has 2 aromatic rings. The van der Waals surface area contributed by atoms with Gasteiger partial charge < -0.3 is 15.0 Å². The first-order valence-electron chi connectivity index (χ1n) is 11.8. The normalized spacial score (nSPS) is 22.3. The van der Waals surface area contributed by atoms with Crippen LogP contribution in [0.5, 0.6) is 0 Å². The number of amidine groups is 1. The molecule has 2 aliphatic heterocycles. The monoisotopic (exact) mass is 484 g/mol. The molecule has 0 radical (unpaired) electrons. The van der Waals surface area contributed by atoms with Crippen molar-refractivity contribution < 1.29 is 17.9 Å². The number of sulfonamides is 1. The van der Waals surface area contributed by atoms with Crippen molar-refractivity contribution in [3.05, 3.63) is 54.1 Å². The summed E-state index contributed by atoms with van der Waals surface area (Å²) >= 11 is 0. The van der Waals surface area contributed by atoms with Crippen LogP contribution >= 0.6 is 0 Å². The van der Waals surface area contributed by atoms with E-state index in [4.69, 9.17) is 4.74 Å². The van der Waals surface area contributed by atoms with Gasteiger partial charge in [-0.1, -0.05) is 18.6 Å². The van der Waals surface area contributed by atoms with Gasteiger partial charge in [-0.25, -0.2) is 8.42 Å². The molecule has 2 unspecified atom stereocenters. The van der Waals surface area contributed by atoms with Gasteiger partial charge in [0.2, 0.25) is 5.91 Å². The van der Waals surface area contributed by atoms with Gasteiger partial charge >= 0.3 is 0 Å². The van der Waals surface area contributed by atoms with E-state index in [0.717, 1.165) is 43.7 Å². The maximum absolute atomic E-state index is 12.3. The fraction of sp³-hybridized carbons (Fsp3) is 0.440. The highest BCUT2D eigenvalue weighted by molar-refractivity contribution is 7.90. The van der Waals surface area contributed by atoms with E-state index in [1.807, 2.05) is 24.3 Å². The minimum Gasteiger partial charge on any atom is -0.372 e. The molecule has 0 bridgehead atoms. The van der Waals surface area contributed by atoms with E-state index in [9.17, 15) is 13.2 Å². The van der Waals surface area contributed by atoms with E-state index in [1.165, 1.54) is 0 Å². The third-order valence-corrected chi connectivity index (χ3v) is 7.33. The summed E-state index contributed by atoms with van der Waals surface area (Å²) in [6, 6.07) is 14.8. The van der Waals surface area contributed by atoms with Crippen molar-refractivity contribution in [1.29, 1.82) is 0 Å². The summed E-state index contributed by atoms with van der Waals surface area (Å²) in [5, 5.41) is 2.96. The number of morpholine rings is 1. The summed E-state index contributed by atoms with van der Waals surface area (Å²) in [6.45, 7) is 6.40. The Morgan fingerprint density at radius 2 is 1.76 bits per heavy atom. The number of ether oxygens (including phenoxy) is 1. The van der Waals surface area contributed by atoms with Crippen molar-refractivity contribution in [3.63, 3.8) is 0 Å². The number of fused-ring (bicyclic) bond motifs is 1. The zero-order valence-corrected chi connectivity index (χ0v) is 20.5. The largest absolute Gasteiger partial charge is 0.372 e. The summed E-state index contributed by atoms with van der Waals surface area (Å²) in [7, 11) is -3.50. The van der Waals surface area contributed by atoms with Crippen molar-refractivity contribution in [1.82, 2.24) is 4.72 Å². The quantitative estimate of drug-likeness (QED) is 0.559. The molecule has 1 fully saturated rings. The van der Waals surface area contributed by atoms with Gasteiger partial charge in [0.25, 0.3) is 10.0 Å². The minimum absolute atomic E-state index is 0.00911. The number of aliphatic imine (C=N–C) groups is 1. The van der Waals surface area contributed by atoms with Crippen LogP contribution in [0.1, 0.15) is 45.1 Å². The van der Waals surface area contributed by atoms with Crippen LogP contribution in [0.4, 0.5) is 11.4 Å². The van der Waals surface area contributed by atoms with Gasteiger partial charge in [0.05, 0.1) is 17.1 Å². The van der Waals surface area contributed by atoms with Crippen molar-refractivity contribution in [2.24, 2.45) is 4.99 Å². The number of anilines is 2. The summed E-state index contributed by atoms with van der Waals surface area (Å²) < 4.78 is 32.5. The summed E-state index contributed by atoms with van der Waals surface area (Å²) in [6.07, 6.45) is 3.21. The molecule has 0 saturated carbocycles. The molecule has 2 aromatic carbocycles. The van der Waals surface area contributed by atoms with Gasteiger partial charge in [-0.2, -0.15) is 0 Å². The van der Waals surface area contributed by atoms with E-state index in [1.54, 1.807) is 24.3 Å². The van der Waals surface area contributed by atoms with Gasteiger partial charge in [-0.05, 0) is 63.1 Å². The predicted molar refractivity (Wildman–Crippen MR) is 134 cm³/mol. The number of amides is 1. The predicted octanol–water partition coefficient (Wildman–Crippen LogP) is 3.54. The molecule has 0 spiro atoms. The molecule has 2 N–H and O–H groups in total. The fourth-order valence-corrected chi connectivity index (χ4v) is 5.64. The van der Waals surface area contributed by atoms with E-state index < -0.39 is 10.0 Å². The molecule has 34 heavy (non-hydrogen) atoms. The molecule has 2 aliphatic rings. The van der Waals surface area contributed by atoms with E-state index in [-0.39, 0.29) is 23.0 Å². The first-order valence-corrected chi connectivity index (χ1v) is 13.3. The zero-order chi connectivity index (χ0) is 24.1. The molecule has 182 valence electrons. The number of hydrogen-bond donors (Lipinski definition) is 2. The van der Waals surface area contributed by atoms with Crippen molar-refractivity contribution in [2.45, 2.75) is 56.6 Å². The molecule has 9 heteroatoms. The lowest BCUT2D eigenvalue weighted by Crippen LogP contribution is -2.45. The Balaban J connectivity index is 1.17. The minimum atomic E-state index is -3.50.